The number of hydrogen-bond acceptors (Lipinski definition) is 7. The molecule has 2 aliphatic rings. The first-order valence-electron chi connectivity index (χ1n) is 12.2. The third kappa shape index (κ3) is 5.26. The van der Waals surface area contributed by atoms with Crippen LogP contribution in [0.25, 0.3) is 10.8 Å². The Morgan fingerprint density at radius 2 is 1.89 bits per heavy atom. The van der Waals surface area contributed by atoms with Gasteiger partial charge in [-0.3, -0.25) is 19.4 Å². The minimum atomic E-state index is -1.32. The van der Waals surface area contributed by atoms with E-state index in [1.165, 1.54) is 0 Å². The molecule has 2 atom stereocenters. The van der Waals surface area contributed by atoms with Gasteiger partial charge in [-0.05, 0) is 37.1 Å². The predicted octanol–water partition coefficient (Wildman–Crippen LogP) is 4.74. The molecule has 0 amide bonds. The van der Waals surface area contributed by atoms with E-state index in [4.69, 9.17) is 9.57 Å². The number of ether oxygens (including phenoxy) is 1. The summed E-state index contributed by atoms with van der Waals surface area (Å²) in [6, 6.07) is 9.63. The Bertz CT molecular complexity index is 1140. The first-order valence-corrected chi connectivity index (χ1v) is 12.2. The molecule has 8 heteroatoms. The number of oxime groups is 1. The molecule has 0 bridgehead atoms. The number of aromatic nitrogens is 1. The lowest BCUT2D eigenvalue weighted by atomic mass is 9.77. The lowest BCUT2D eigenvalue weighted by Crippen LogP contribution is -2.45. The van der Waals surface area contributed by atoms with Crippen molar-refractivity contribution >= 4 is 34.0 Å². The molecule has 1 aliphatic carbocycles. The second-order valence-electron chi connectivity index (χ2n) is 9.76. The number of ketones is 2. The standard InChI is InChI=1S/C27H31FN2O5/c1-17(2)27(15-22(30-35-27)26-21-10-6-3-7-18(21)11-12-29-26)24(32)13-19(23(31)16-28)14-25(33)34-20-8-4-5-9-20/h3,6-7,10-12,17,19-20H,4-5,8-9,13-16H2,1-2H3/t19-,27+/m0/s1. The summed E-state index contributed by atoms with van der Waals surface area (Å²) in [5, 5.41) is 6.12. The van der Waals surface area contributed by atoms with Crippen molar-refractivity contribution in [3.63, 3.8) is 0 Å². The van der Waals surface area contributed by atoms with E-state index in [1.807, 2.05) is 44.2 Å². The summed E-state index contributed by atoms with van der Waals surface area (Å²) in [6.07, 6.45) is 4.62. The van der Waals surface area contributed by atoms with Gasteiger partial charge in [-0.1, -0.05) is 43.3 Å². The third-order valence-corrected chi connectivity index (χ3v) is 7.13. The zero-order valence-electron chi connectivity index (χ0n) is 20.2. The van der Waals surface area contributed by atoms with Crippen LogP contribution in [0.15, 0.2) is 41.7 Å². The number of carbonyl (C=O) groups is 3. The summed E-state index contributed by atoms with van der Waals surface area (Å²) >= 11 is 0. The molecular weight excluding hydrogens is 451 g/mol. The number of nitrogens with zero attached hydrogens (tertiary/aromatic N) is 2. The van der Waals surface area contributed by atoms with Crippen LogP contribution in [0.2, 0.25) is 0 Å². The van der Waals surface area contributed by atoms with E-state index in [-0.39, 0.29) is 37.1 Å². The van der Waals surface area contributed by atoms with Gasteiger partial charge in [0.2, 0.25) is 5.60 Å². The highest BCUT2D eigenvalue weighted by Crippen LogP contribution is 2.37. The third-order valence-electron chi connectivity index (χ3n) is 7.13. The fourth-order valence-corrected chi connectivity index (χ4v) is 4.95. The Labute approximate surface area is 204 Å². The molecule has 1 aromatic carbocycles. The number of pyridine rings is 1. The number of alkyl halides is 1. The van der Waals surface area contributed by atoms with Crippen molar-refractivity contribution in [2.75, 3.05) is 6.67 Å². The summed E-state index contributed by atoms with van der Waals surface area (Å²) in [7, 11) is 0. The molecule has 0 saturated heterocycles. The highest BCUT2D eigenvalue weighted by atomic mass is 19.1. The van der Waals surface area contributed by atoms with Gasteiger partial charge in [-0.2, -0.15) is 0 Å². The molecule has 1 aromatic heterocycles. The summed E-state index contributed by atoms with van der Waals surface area (Å²) in [5.41, 5.74) is -0.147. The van der Waals surface area contributed by atoms with Crippen molar-refractivity contribution in [2.24, 2.45) is 17.0 Å². The Morgan fingerprint density at radius 1 is 1.14 bits per heavy atom. The van der Waals surface area contributed by atoms with Crippen LogP contribution < -0.4 is 0 Å². The van der Waals surface area contributed by atoms with Crippen LogP contribution in [0.1, 0.15) is 64.5 Å². The number of Topliss-reactive ketones (excluding diaryl/α,β-unsaturated/α-hetero) is 2. The lowest BCUT2D eigenvalue weighted by Gasteiger charge is -2.30. The summed E-state index contributed by atoms with van der Waals surface area (Å²) in [5.74, 6) is -3.11. The minimum absolute atomic E-state index is 0.163. The van der Waals surface area contributed by atoms with Gasteiger partial charge in [0.25, 0.3) is 0 Å². The van der Waals surface area contributed by atoms with Crippen LogP contribution in [0.4, 0.5) is 4.39 Å². The number of hydrogen-bond donors (Lipinski definition) is 0. The average molecular weight is 483 g/mol. The summed E-state index contributed by atoms with van der Waals surface area (Å²) in [4.78, 5) is 48.6. The maximum absolute atomic E-state index is 13.6. The quantitative estimate of drug-likeness (QED) is 0.454. The van der Waals surface area contributed by atoms with E-state index >= 15 is 0 Å². The van der Waals surface area contributed by atoms with E-state index in [0.717, 1.165) is 36.5 Å². The lowest BCUT2D eigenvalue weighted by molar-refractivity contribution is -0.154. The van der Waals surface area contributed by atoms with E-state index in [2.05, 4.69) is 10.1 Å². The van der Waals surface area contributed by atoms with Crippen LogP contribution >= 0.6 is 0 Å². The zero-order valence-corrected chi connectivity index (χ0v) is 20.2. The molecule has 0 radical (unpaired) electrons. The van der Waals surface area contributed by atoms with E-state index in [1.54, 1.807) is 6.20 Å². The monoisotopic (exact) mass is 482 g/mol. The van der Waals surface area contributed by atoms with Gasteiger partial charge in [-0.15, -0.1) is 0 Å². The molecule has 4 rings (SSSR count). The molecular formula is C27H31FN2O5. The maximum atomic E-state index is 13.6. The van der Waals surface area contributed by atoms with Gasteiger partial charge in [0, 0.05) is 36.3 Å². The van der Waals surface area contributed by atoms with Crippen molar-refractivity contribution in [1.82, 2.24) is 4.98 Å². The van der Waals surface area contributed by atoms with Gasteiger partial charge < -0.3 is 9.57 Å². The second-order valence-corrected chi connectivity index (χ2v) is 9.76. The summed E-state index contributed by atoms with van der Waals surface area (Å²) < 4.78 is 18.8. The number of carbonyl (C=O) groups excluding carboxylic acids is 3. The zero-order chi connectivity index (χ0) is 25.0. The SMILES string of the molecule is CC(C)[C@@]1(C(=O)C[C@@H](CC(=O)OC2CCCC2)C(=O)CF)CC(c2nccc3ccccc23)=NO1. The molecule has 1 fully saturated rings. The summed E-state index contributed by atoms with van der Waals surface area (Å²) in [6.45, 7) is 2.44. The topological polar surface area (TPSA) is 94.9 Å². The normalized spacial score (nSPS) is 21.1. The van der Waals surface area contributed by atoms with Gasteiger partial charge in [-0.25, -0.2) is 4.39 Å². The molecule has 0 N–H and O–H groups in total. The predicted molar refractivity (Wildman–Crippen MR) is 129 cm³/mol. The molecule has 7 nitrogen and oxygen atoms in total. The van der Waals surface area contributed by atoms with E-state index < -0.39 is 29.9 Å². The number of halogens is 1. The van der Waals surface area contributed by atoms with Gasteiger partial charge in [0.05, 0.1) is 12.1 Å². The van der Waals surface area contributed by atoms with Gasteiger partial charge in [0.15, 0.2) is 11.6 Å². The second kappa shape index (κ2) is 10.6. The van der Waals surface area contributed by atoms with Crippen LogP contribution in [-0.4, -0.2) is 46.6 Å². The highest BCUT2D eigenvalue weighted by molar-refractivity contribution is 6.12. The molecule has 2 aromatic rings. The van der Waals surface area contributed by atoms with Crippen molar-refractivity contribution in [3.8, 4) is 0 Å². The Morgan fingerprint density at radius 3 is 2.60 bits per heavy atom. The molecule has 35 heavy (non-hydrogen) atoms. The smallest absolute Gasteiger partial charge is 0.306 e. The van der Waals surface area contributed by atoms with Crippen molar-refractivity contribution in [2.45, 2.75) is 70.5 Å². The van der Waals surface area contributed by atoms with Crippen LogP contribution in [-0.2, 0) is 24.0 Å². The molecule has 2 heterocycles. The van der Waals surface area contributed by atoms with Crippen molar-refractivity contribution in [3.05, 3.63) is 42.2 Å². The minimum Gasteiger partial charge on any atom is -0.462 e. The fourth-order valence-electron chi connectivity index (χ4n) is 4.95. The highest BCUT2D eigenvalue weighted by Gasteiger charge is 2.50. The molecule has 0 spiro atoms. The molecule has 186 valence electrons. The van der Waals surface area contributed by atoms with E-state index in [9.17, 15) is 18.8 Å². The Hall–Kier alpha value is -3.16. The number of esters is 1. The van der Waals surface area contributed by atoms with Crippen LogP contribution in [0.3, 0.4) is 0 Å². The fraction of sp³-hybridized carbons (Fsp3) is 0.519. The Kier molecular flexibility index (Phi) is 7.57. The number of benzene rings is 1. The van der Waals surface area contributed by atoms with Gasteiger partial charge in [0.1, 0.15) is 18.5 Å². The first kappa shape index (κ1) is 24.9. The molecule has 0 unspecified atom stereocenters. The largest absolute Gasteiger partial charge is 0.462 e. The number of rotatable bonds is 10. The van der Waals surface area contributed by atoms with Crippen molar-refractivity contribution < 1.29 is 28.3 Å². The van der Waals surface area contributed by atoms with E-state index in [0.29, 0.717) is 11.4 Å². The van der Waals surface area contributed by atoms with Crippen LogP contribution in [0, 0.1) is 11.8 Å². The Balaban J connectivity index is 1.51. The maximum Gasteiger partial charge on any atom is 0.306 e. The first-order chi connectivity index (χ1) is 16.8. The average Bonchev–Trinajstić information content (AvgIpc) is 3.53. The van der Waals surface area contributed by atoms with Crippen molar-refractivity contribution in [1.29, 1.82) is 0 Å². The van der Waals surface area contributed by atoms with Crippen LogP contribution in [0.5, 0.6) is 0 Å². The molecule has 1 aliphatic heterocycles. The van der Waals surface area contributed by atoms with Gasteiger partial charge >= 0.3 is 5.97 Å². The molecule has 1 saturated carbocycles. The number of fused-ring (bicyclic) bond motifs is 1.